The number of anilines is 3. The standard InChI is InChI=1S/C17H16ClN3O4.C4H6O2/c1-2-17(23)25-8-7-24-12-4-6-15(16(22)10-12)21-19-13-5-3-11(18)9-14(13)20-21;1-3-4(5)6-2/h2-6,9-10,19-20,22H,1,7-8H2;3H,1H2,2H3. The largest absolute Gasteiger partial charge is 0.505 e. The molecule has 9 nitrogen and oxygen atoms in total. The van der Waals surface area contributed by atoms with Gasteiger partial charge in [-0.15, -0.1) is 0 Å². The number of esters is 2. The highest BCUT2D eigenvalue weighted by molar-refractivity contribution is 6.31. The third-order valence-corrected chi connectivity index (χ3v) is 4.00. The van der Waals surface area contributed by atoms with Crippen LogP contribution in [0.25, 0.3) is 0 Å². The second-order valence-corrected chi connectivity index (χ2v) is 6.28. The summed E-state index contributed by atoms with van der Waals surface area (Å²) in [6.45, 7) is 6.73. The Morgan fingerprint density at radius 3 is 2.39 bits per heavy atom. The number of nitrogens with zero attached hydrogens (tertiary/aromatic N) is 1. The predicted molar refractivity (Wildman–Crippen MR) is 118 cm³/mol. The first-order chi connectivity index (χ1) is 14.9. The summed E-state index contributed by atoms with van der Waals surface area (Å²) in [6, 6.07) is 10.3. The van der Waals surface area contributed by atoms with E-state index in [-0.39, 0.29) is 19.0 Å². The molecule has 3 N–H and O–H groups in total. The number of halogens is 1. The van der Waals surface area contributed by atoms with Crippen LogP contribution in [0.2, 0.25) is 5.02 Å². The molecule has 10 heteroatoms. The smallest absolute Gasteiger partial charge is 0.330 e. The molecule has 0 aliphatic carbocycles. The van der Waals surface area contributed by atoms with E-state index < -0.39 is 11.9 Å². The van der Waals surface area contributed by atoms with E-state index in [2.05, 4.69) is 28.7 Å². The molecule has 2 aromatic carbocycles. The quantitative estimate of drug-likeness (QED) is 0.332. The summed E-state index contributed by atoms with van der Waals surface area (Å²) >= 11 is 5.97. The van der Waals surface area contributed by atoms with Crippen LogP contribution in [0.15, 0.2) is 61.7 Å². The topological polar surface area (TPSA) is 109 Å². The average Bonchev–Trinajstić information content (AvgIpc) is 3.19. The first-order valence-corrected chi connectivity index (χ1v) is 9.34. The van der Waals surface area contributed by atoms with Crippen molar-refractivity contribution in [3.8, 4) is 11.5 Å². The van der Waals surface area contributed by atoms with Gasteiger partial charge in [0.25, 0.3) is 0 Å². The molecule has 0 unspecified atom stereocenters. The lowest BCUT2D eigenvalue weighted by Crippen LogP contribution is -2.29. The number of ether oxygens (including phenoxy) is 3. The molecule has 31 heavy (non-hydrogen) atoms. The predicted octanol–water partition coefficient (Wildman–Crippen LogP) is 3.67. The highest BCUT2D eigenvalue weighted by Gasteiger charge is 2.21. The summed E-state index contributed by atoms with van der Waals surface area (Å²) in [7, 11) is 1.31. The van der Waals surface area contributed by atoms with Crippen molar-refractivity contribution in [1.82, 2.24) is 0 Å². The van der Waals surface area contributed by atoms with Crippen molar-refractivity contribution in [2.24, 2.45) is 0 Å². The molecule has 3 rings (SSSR count). The van der Waals surface area contributed by atoms with Crippen molar-refractivity contribution >= 4 is 40.6 Å². The average molecular weight is 448 g/mol. The molecule has 1 aliphatic rings. The summed E-state index contributed by atoms with van der Waals surface area (Å²) in [5, 5.41) is 12.4. The van der Waals surface area contributed by atoms with Gasteiger partial charge in [0.05, 0.1) is 18.5 Å². The van der Waals surface area contributed by atoms with Crippen LogP contribution < -0.4 is 20.7 Å². The molecular formula is C21H22ClN3O6. The van der Waals surface area contributed by atoms with Gasteiger partial charge < -0.3 is 19.3 Å². The lowest BCUT2D eigenvalue weighted by atomic mass is 10.3. The number of fused-ring (bicyclic) bond motifs is 1. The fourth-order valence-corrected chi connectivity index (χ4v) is 2.49. The normalized spacial score (nSPS) is 11.0. The van der Waals surface area contributed by atoms with Crippen LogP contribution in [0.5, 0.6) is 11.5 Å². The summed E-state index contributed by atoms with van der Waals surface area (Å²) in [5.74, 6) is -0.433. The molecular weight excluding hydrogens is 426 g/mol. The van der Waals surface area contributed by atoms with E-state index in [1.54, 1.807) is 29.4 Å². The molecule has 0 bridgehead atoms. The number of rotatable bonds is 7. The Kier molecular flexibility index (Phi) is 8.59. The third kappa shape index (κ3) is 6.86. The molecule has 1 heterocycles. The van der Waals surface area contributed by atoms with E-state index in [9.17, 15) is 14.7 Å². The zero-order chi connectivity index (χ0) is 22.8. The zero-order valence-corrected chi connectivity index (χ0v) is 17.5. The Bertz CT molecular complexity index is 966. The molecule has 0 saturated carbocycles. The van der Waals surface area contributed by atoms with Gasteiger partial charge in [-0.2, -0.15) is 5.12 Å². The number of methoxy groups -OCH3 is 1. The van der Waals surface area contributed by atoms with Crippen molar-refractivity contribution in [2.45, 2.75) is 0 Å². The van der Waals surface area contributed by atoms with E-state index in [0.29, 0.717) is 16.5 Å². The first kappa shape index (κ1) is 23.4. The number of hydrogen-bond donors (Lipinski definition) is 3. The van der Waals surface area contributed by atoms with Crippen molar-refractivity contribution in [3.63, 3.8) is 0 Å². The summed E-state index contributed by atoms with van der Waals surface area (Å²) in [5.41, 5.74) is 8.35. The van der Waals surface area contributed by atoms with E-state index in [4.69, 9.17) is 21.1 Å². The molecule has 0 spiro atoms. The first-order valence-electron chi connectivity index (χ1n) is 8.96. The van der Waals surface area contributed by atoms with E-state index >= 15 is 0 Å². The number of carbonyl (C=O) groups is 2. The molecule has 0 amide bonds. The number of phenols is 1. The Balaban J connectivity index is 0.000000501. The summed E-state index contributed by atoms with van der Waals surface area (Å²) in [6.07, 6.45) is 2.20. The van der Waals surface area contributed by atoms with Gasteiger partial charge in [0.15, 0.2) is 0 Å². The van der Waals surface area contributed by atoms with Crippen LogP contribution in [0, 0.1) is 0 Å². The van der Waals surface area contributed by atoms with E-state index in [1.807, 2.05) is 6.07 Å². The van der Waals surface area contributed by atoms with Crippen LogP contribution in [-0.4, -0.2) is 37.4 Å². The lowest BCUT2D eigenvalue weighted by molar-refractivity contribution is -0.138. The highest BCUT2D eigenvalue weighted by Crippen LogP contribution is 2.37. The third-order valence-electron chi connectivity index (χ3n) is 3.76. The molecule has 0 radical (unpaired) electrons. The minimum absolute atomic E-state index is 0.0134. The van der Waals surface area contributed by atoms with Gasteiger partial charge in [0.1, 0.15) is 30.4 Å². The van der Waals surface area contributed by atoms with Crippen LogP contribution in [0.1, 0.15) is 0 Å². The highest BCUT2D eigenvalue weighted by atomic mass is 35.5. The number of aromatic hydroxyl groups is 1. The van der Waals surface area contributed by atoms with Crippen molar-refractivity contribution in [3.05, 3.63) is 66.7 Å². The monoisotopic (exact) mass is 447 g/mol. The minimum Gasteiger partial charge on any atom is -0.505 e. The summed E-state index contributed by atoms with van der Waals surface area (Å²) < 4.78 is 14.4. The zero-order valence-electron chi connectivity index (χ0n) is 16.8. The molecule has 1 aliphatic heterocycles. The maximum Gasteiger partial charge on any atom is 0.330 e. The van der Waals surface area contributed by atoms with Gasteiger partial charge >= 0.3 is 11.9 Å². The van der Waals surface area contributed by atoms with Gasteiger partial charge in [-0.05, 0) is 30.3 Å². The fourth-order valence-electron chi connectivity index (χ4n) is 2.32. The molecule has 2 aromatic rings. The van der Waals surface area contributed by atoms with Gasteiger partial charge in [-0.3, -0.25) is 10.9 Å². The fraction of sp³-hybridized carbons (Fsp3) is 0.143. The lowest BCUT2D eigenvalue weighted by Gasteiger charge is -2.20. The minimum atomic E-state index is -0.507. The second-order valence-electron chi connectivity index (χ2n) is 5.85. The van der Waals surface area contributed by atoms with Gasteiger partial charge in [0, 0.05) is 23.2 Å². The Hall–Kier alpha value is -3.85. The number of phenolic OH excluding ortho intramolecular Hbond substituents is 1. The Morgan fingerprint density at radius 1 is 1.06 bits per heavy atom. The van der Waals surface area contributed by atoms with Crippen LogP contribution in [-0.2, 0) is 19.1 Å². The number of hydrogen-bond acceptors (Lipinski definition) is 9. The molecule has 164 valence electrons. The maximum absolute atomic E-state index is 10.9. The van der Waals surface area contributed by atoms with Gasteiger partial charge in [0.2, 0.25) is 0 Å². The van der Waals surface area contributed by atoms with E-state index in [1.165, 1.54) is 13.2 Å². The Labute approximate surface area is 184 Å². The maximum atomic E-state index is 10.9. The van der Waals surface area contributed by atoms with Crippen LogP contribution in [0.3, 0.4) is 0 Å². The number of carbonyl (C=O) groups excluding carboxylic acids is 2. The molecule has 0 atom stereocenters. The van der Waals surface area contributed by atoms with Gasteiger partial charge in [-0.25, -0.2) is 9.59 Å². The second kappa shape index (κ2) is 11.4. The van der Waals surface area contributed by atoms with Gasteiger partial charge in [-0.1, -0.05) is 24.8 Å². The summed E-state index contributed by atoms with van der Waals surface area (Å²) in [4.78, 5) is 20.8. The van der Waals surface area contributed by atoms with Crippen LogP contribution in [0.4, 0.5) is 17.1 Å². The Morgan fingerprint density at radius 2 is 1.77 bits per heavy atom. The number of benzene rings is 2. The number of hydrazine groups is 2. The SMILES string of the molecule is C=CC(=O)OC.C=CC(=O)OCCOc1ccc(N2Nc3ccc(Cl)cc3N2)c(O)c1. The number of nitrogens with one attached hydrogen (secondary N) is 2. The van der Waals surface area contributed by atoms with Crippen LogP contribution >= 0.6 is 11.6 Å². The molecule has 0 fully saturated rings. The molecule has 0 aromatic heterocycles. The molecule has 0 saturated heterocycles. The van der Waals surface area contributed by atoms with Crippen molar-refractivity contribution in [1.29, 1.82) is 0 Å². The van der Waals surface area contributed by atoms with Crippen molar-refractivity contribution in [2.75, 3.05) is 36.3 Å². The van der Waals surface area contributed by atoms with E-state index in [0.717, 1.165) is 23.5 Å². The van der Waals surface area contributed by atoms with Crippen molar-refractivity contribution < 1.29 is 28.9 Å².